The summed E-state index contributed by atoms with van der Waals surface area (Å²) in [6.07, 6.45) is 6.13. The van der Waals surface area contributed by atoms with Gasteiger partial charge in [-0.2, -0.15) is 0 Å². The normalized spacial score (nSPS) is 16.1. The zero-order chi connectivity index (χ0) is 12.4. The molecule has 0 spiro atoms. The van der Waals surface area contributed by atoms with Gasteiger partial charge in [-0.3, -0.25) is 0 Å². The molecule has 6 heteroatoms. The summed E-state index contributed by atoms with van der Waals surface area (Å²) in [5.74, 6) is -0.237. The van der Waals surface area contributed by atoms with Gasteiger partial charge in [0, 0.05) is 6.04 Å². The Hall–Kier alpha value is -1.98. The minimum Gasteiger partial charge on any atom is -0.380 e. The maximum absolute atomic E-state index is 13.7. The Morgan fingerprint density at radius 3 is 2.83 bits per heavy atom. The van der Waals surface area contributed by atoms with Crippen LogP contribution in [0.1, 0.15) is 25.7 Å². The molecule has 3 rings (SSSR count). The molecule has 0 atom stereocenters. The Bertz CT molecular complexity index is 519. The van der Waals surface area contributed by atoms with Gasteiger partial charge in [0.25, 0.3) is 0 Å². The molecule has 1 heterocycles. The molecule has 1 aromatic heterocycles. The number of anilines is 1. The smallest absolute Gasteiger partial charge is 0.146 e. The van der Waals surface area contributed by atoms with Crippen molar-refractivity contribution in [2.24, 2.45) is 0 Å². The molecule has 2 aromatic rings. The van der Waals surface area contributed by atoms with Crippen molar-refractivity contribution in [3.05, 3.63) is 30.3 Å². The first kappa shape index (κ1) is 11.1. The standard InChI is InChI=1S/C12H14FN5/c13-11-6-5-10(18-8-14-16-17-18)7-12(11)15-9-3-1-2-4-9/h5-9,15H,1-4H2. The molecule has 0 saturated heterocycles. The molecule has 1 N–H and O–H groups in total. The van der Waals surface area contributed by atoms with Gasteiger partial charge < -0.3 is 5.32 Å². The van der Waals surface area contributed by atoms with Crippen LogP contribution in [0.3, 0.4) is 0 Å². The third kappa shape index (κ3) is 2.18. The van der Waals surface area contributed by atoms with Gasteiger partial charge in [-0.05, 0) is 41.5 Å². The molecule has 1 aliphatic carbocycles. The maximum Gasteiger partial charge on any atom is 0.146 e. The minimum absolute atomic E-state index is 0.237. The highest BCUT2D eigenvalue weighted by Crippen LogP contribution is 2.25. The third-order valence-corrected chi connectivity index (χ3v) is 3.28. The molecule has 1 aromatic carbocycles. The summed E-state index contributed by atoms with van der Waals surface area (Å²) < 4.78 is 15.3. The van der Waals surface area contributed by atoms with Crippen molar-refractivity contribution < 1.29 is 4.39 Å². The van der Waals surface area contributed by atoms with Crippen LogP contribution < -0.4 is 5.32 Å². The fraction of sp³-hybridized carbons (Fsp3) is 0.417. The van der Waals surface area contributed by atoms with E-state index in [1.807, 2.05) is 0 Å². The van der Waals surface area contributed by atoms with E-state index in [9.17, 15) is 4.39 Å². The van der Waals surface area contributed by atoms with Crippen LogP contribution in [0.25, 0.3) is 5.69 Å². The highest BCUT2D eigenvalue weighted by molar-refractivity contribution is 5.52. The summed E-state index contributed by atoms with van der Waals surface area (Å²) in [6.45, 7) is 0. The van der Waals surface area contributed by atoms with Gasteiger partial charge in [0.15, 0.2) is 0 Å². The van der Waals surface area contributed by atoms with Crippen molar-refractivity contribution in [2.45, 2.75) is 31.7 Å². The average molecular weight is 247 g/mol. The van der Waals surface area contributed by atoms with Crippen LogP contribution in [-0.2, 0) is 0 Å². The van der Waals surface area contributed by atoms with Gasteiger partial charge in [0.2, 0.25) is 0 Å². The molecule has 1 saturated carbocycles. The van der Waals surface area contributed by atoms with Crippen molar-refractivity contribution in [1.82, 2.24) is 20.2 Å². The summed E-state index contributed by atoms with van der Waals surface area (Å²) in [7, 11) is 0. The average Bonchev–Trinajstić information content (AvgIpc) is 3.04. The van der Waals surface area contributed by atoms with Gasteiger partial charge in [0.1, 0.15) is 12.1 Å². The first-order valence-electron chi connectivity index (χ1n) is 6.12. The minimum atomic E-state index is -0.237. The van der Waals surface area contributed by atoms with Gasteiger partial charge >= 0.3 is 0 Å². The Morgan fingerprint density at radius 2 is 2.11 bits per heavy atom. The van der Waals surface area contributed by atoms with E-state index in [4.69, 9.17) is 0 Å². The molecule has 1 aliphatic rings. The molecule has 0 amide bonds. The molecule has 5 nitrogen and oxygen atoms in total. The third-order valence-electron chi connectivity index (χ3n) is 3.28. The van der Waals surface area contributed by atoms with Crippen LogP contribution in [0.4, 0.5) is 10.1 Å². The number of benzene rings is 1. The molecule has 0 radical (unpaired) electrons. The van der Waals surface area contributed by atoms with Gasteiger partial charge in [0.05, 0.1) is 11.4 Å². The maximum atomic E-state index is 13.7. The second-order valence-corrected chi connectivity index (χ2v) is 4.54. The number of hydrogen-bond donors (Lipinski definition) is 1. The van der Waals surface area contributed by atoms with Crippen LogP contribution in [0.5, 0.6) is 0 Å². The van der Waals surface area contributed by atoms with Crippen molar-refractivity contribution in [2.75, 3.05) is 5.32 Å². The van der Waals surface area contributed by atoms with Gasteiger partial charge in [-0.15, -0.1) is 5.10 Å². The largest absolute Gasteiger partial charge is 0.380 e. The van der Waals surface area contributed by atoms with Crippen LogP contribution in [-0.4, -0.2) is 26.2 Å². The summed E-state index contributed by atoms with van der Waals surface area (Å²) >= 11 is 0. The lowest BCUT2D eigenvalue weighted by Crippen LogP contribution is -2.15. The first-order valence-corrected chi connectivity index (χ1v) is 6.12. The second kappa shape index (κ2) is 4.72. The van der Waals surface area contributed by atoms with Crippen molar-refractivity contribution in [3.8, 4) is 5.69 Å². The number of nitrogens with zero attached hydrogens (tertiary/aromatic N) is 4. The van der Waals surface area contributed by atoms with E-state index in [0.29, 0.717) is 11.7 Å². The van der Waals surface area contributed by atoms with Gasteiger partial charge in [-0.1, -0.05) is 12.8 Å². The fourth-order valence-corrected chi connectivity index (χ4v) is 2.34. The highest BCUT2D eigenvalue weighted by Gasteiger charge is 2.16. The van der Waals surface area contributed by atoms with E-state index in [1.165, 1.54) is 29.9 Å². The fourth-order valence-electron chi connectivity index (χ4n) is 2.34. The predicted molar refractivity (Wildman–Crippen MR) is 65.0 cm³/mol. The molecule has 0 bridgehead atoms. The summed E-state index contributed by atoms with van der Waals surface area (Å²) in [4.78, 5) is 0. The molecule has 94 valence electrons. The molecule has 18 heavy (non-hydrogen) atoms. The van der Waals surface area contributed by atoms with Crippen molar-refractivity contribution in [1.29, 1.82) is 0 Å². The monoisotopic (exact) mass is 247 g/mol. The van der Waals surface area contributed by atoms with Crippen LogP contribution in [0.2, 0.25) is 0 Å². The van der Waals surface area contributed by atoms with E-state index < -0.39 is 0 Å². The van der Waals surface area contributed by atoms with Crippen LogP contribution in [0, 0.1) is 5.82 Å². The predicted octanol–water partition coefficient (Wildman–Crippen LogP) is 2.16. The number of tetrazole rings is 1. The summed E-state index contributed by atoms with van der Waals surface area (Å²) in [5, 5.41) is 14.2. The summed E-state index contributed by atoms with van der Waals surface area (Å²) in [6, 6.07) is 5.22. The van der Waals surface area contributed by atoms with Crippen molar-refractivity contribution in [3.63, 3.8) is 0 Å². The van der Waals surface area contributed by atoms with Gasteiger partial charge in [-0.25, -0.2) is 9.07 Å². The van der Waals surface area contributed by atoms with Crippen molar-refractivity contribution >= 4 is 5.69 Å². The Labute approximate surface area is 104 Å². The van der Waals surface area contributed by atoms with E-state index in [1.54, 1.807) is 12.1 Å². The SMILES string of the molecule is Fc1ccc(-n2cnnn2)cc1NC1CCCC1. The quantitative estimate of drug-likeness (QED) is 0.903. The molecular formula is C12H14FN5. The number of halogens is 1. The molecular weight excluding hydrogens is 233 g/mol. The zero-order valence-electron chi connectivity index (χ0n) is 9.88. The van der Waals surface area contributed by atoms with Crippen LogP contribution >= 0.6 is 0 Å². The van der Waals surface area contributed by atoms with E-state index in [2.05, 4.69) is 20.8 Å². The number of aromatic nitrogens is 4. The Balaban J connectivity index is 1.86. The topological polar surface area (TPSA) is 55.6 Å². The lowest BCUT2D eigenvalue weighted by atomic mass is 10.2. The number of hydrogen-bond acceptors (Lipinski definition) is 4. The Morgan fingerprint density at radius 1 is 1.28 bits per heavy atom. The molecule has 0 aliphatic heterocycles. The zero-order valence-corrected chi connectivity index (χ0v) is 9.88. The number of rotatable bonds is 3. The van der Waals surface area contributed by atoms with E-state index >= 15 is 0 Å². The van der Waals surface area contributed by atoms with Crippen LogP contribution in [0.15, 0.2) is 24.5 Å². The van der Waals surface area contributed by atoms with E-state index in [0.717, 1.165) is 18.5 Å². The Kier molecular flexibility index (Phi) is 2.92. The number of nitrogens with one attached hydrogen (secondary N) is 1. The molecule has 0 unspecified atom stereocenters. The lowest BCUT2D eigenvalue weighted by molar-refractivity contribution is 0.623. The highest BCUT2D eigenvalue weighted by atomic mass is 19.1. The van der Waals surface area contributed by atoms with E-state index in [-0.39, 0.29) is 5.82 Å². The lowest BCUT2D eigenvalue weighted by Gasteiger charge is -2.15. The summed E-state index contributed by atoms with van der Waals surface area (Å²) in [5.41, 5.74) is 1.27. The first-order chi connectivity index (χ1) is 8.83. The second-order valence-electron chi connectivity index (χ2n) is 4.54. The molecule has 1 fully saturated rings.